The molecule has 0 fully saturated rings. The Labute approximate surface area is 178 Å². The lowest BCUT2D eigenvalue weighted by Crippen LogP contribution is -2.03. The van der Waals surface area contributed by atoms with Gasteiger partial charge >= 0.3 is 5.97 Å². The van der Waals surface area contributed by atoms with Crippen LogP contribution in [0.15, 0.2) is 54.6 Å². The van der Waals surface area contributed by atoms with Gasteiger partial charge in [0.25, 0.3) is 0 Å². The number of thiophene rings is 1. The Hall–Kier alpha value is -3.45. The van der Waals surface area contributed by atoms with Crippen molar-refractivity contribution < 1.29 is 14.3 Å². The van der Waals surface area contributed by atoms with Crippen molar-refractivity contribution in [2.24, 2.45) is 0 Å². The summed E-state index contributed by atoms with van der Waals surface area (Å²) in [6.07, 6.45) is 0. The SMILES string of the molecule is CCOC(=O)c1sc2nc(C)nc(Nc3ccc(Oc4ccccc4)cc3)c2c1C. The number of fused-ring (bicyclic) bond motifs is 1. The second kappa shape index (κ2) is 8.51. The zero-order valence-electron chi connectivity index (χ0n) is 16.9. The molecule has 30 heavy (non-hydrogen) atoms. The molecule has 0 saturated heterocycles. The van der Waals surface area contributed by atoms with Crippen LogP contribution in [-0.2, 0) is 4.74 Å². The number of para-hydroxylation sites is 1. The average molecular weight is 420 g/mol. The number of carbonyl (C=O) groups is 1. The molecule has 0 radical (unpaired) electrons. The molecule has 2 aromatic heterocycles. The van der Waals surface area contributed by atoms with Crippen LogP contribution in [0, 0.1) is 13.8 Å². The molecule has 4 aromatic rings. The number of aryl methyl sites for hydroxylation is 2. The smallest absolute Gasteiger partial charge is 0.348 e. The Balaban J connectivity index is 1.62. The molecule has 7 heteroatoms. The van der Waals surface area contributed by atoms with Crippen LogP contribution in [0.3, 0.4) is 0 Å². The Morgan fingerprint density at radius 2 is 1.70 bits per heavy atom. The number of ether oxygens (including phenoxy) is 2. The first kappa shape index (κ1) is 19.8. The van der Waals surface area contributed by atoms with Crippen LogP contribution in [0.1, 0.15) is 28.0 Å². The van der Waals surface area contributed by atoms with Crippen molar-refractivity contribution in [3.63, 3.8) is 0 Å². The van der Waals surface area contributed by atoms with E-state index in [9.17, 15) is 4.79 Å². The maximum atomic E-state index is 12.3. The highest BCUT2D eigenvalue weighted by Gasteiger charge is 2.21. The molecule has 0 aliphatic heterocycles. The summed E-state index contributed by atoms with van der Waals surface area (Å²) in [6.45, 7) is 5.86. The van der Waals surface area contributed by atoms with E-state index in [0.29, 0.717) is 23.1 Å². The van der Waals surface area contributed by atoms with E-state index in [1.165, 1.54) is 11.3 Å². The number of hydrogen-bond donors (Lipinski definition) is 1. The van der Waals surface area contributed by atoms with Gasteiger partial charge in [-0.1, -0.05) is 18.2 Å². The Morgan fingerprint density at radius 1 is 1.00 bits per heavy atom. The predicted octanol–water partition coefficient (Wildman–Crippen LogP) is 6.02. The van der Waals surface area contributed by atoms with Gasteiger partial charge in [-0.15, -0.1) is 11.3 Å². The number of esters is 1. The minimum Gasteiger partial charge on any atom is -0.462 e. The first-order valence-corrected chi connectivity index (χ1v) is 10.4. The number of carbonyl (C=O) groups excluding carboxylic acids is 1. The van der Waals surface area contributed by atoms with Crippen molar-refractivity contribution in [2.75, 3.05) is 11.9 Å². The maximum absolute atomic E-state index is 12.3. The van der Waals surface area contributed by atoms with Gasteiger partial charge < -0.3 is 14.8 Å². The zero-order valence-corrected chi connectivity index (χ0v) is 17.7. The van der Waals surface area contributed by atoms with Gasteiger partial charge in [-0.3, -0.25) is 0 Å². The quantitative estimate of drug-likeness (QED) is 0.385. The minimum atomic E-state index is -0.330. The maximum Gasteiger partial charge on any atom is 0.348 e. The van der Waals surface area contributed by atoms with Gasteiger partial charge in [0.15, 0.2) is 0 Å². The van der Waals surface area contributed by atoms with E-state index < -0.39 is 0 Å². The summed E-state index contributed by atoms with van der Waals surface area (Å²) in [5.41, 5.74) is 1.68. The highest BCUT2D eigenvalue weighted by Crippen LogP contribution is 2.35. The van der Waals surface area contributed by atoms with Gasteiger partial charge in [-0.05, 0) is 62.7 Å². The summed E-state index contributed by atoms with van der Waals surface area (Å²) < 4.78 is 11.0. The van der Waals surface area contributed by atoms with Gasteiger partial charge in [0.05, 0.1) is 12.0 Å². The van der Waals surface area contributed by atoms with Crippen LogP contribution in [0.2, 0.25) is 0 Å². The first-order valence-electron chi connectivity index (χ1n) is 9.60. The van der Waals surface area contributed by atoms with Crippen molar-refractivity contribution in [1.29, 1.82) is 0 Å². The number of anilines is 2. The van der Waals surface area contributed by atoms with Crippen LogP contribution >= 0.6 is 11.3 Å². The fourth-order valence-corrected chi connectivity index (χ4v) is 4.22. The highest BCUT2D eigenvalue weighted by atomic mass is 32.1. The Kier molecular flexibility index (Phi) is 5.63. The van der Waals surface area contributed by atoms with Gasteiger partial charge in [0, 0.05) is 5.69 Å². The van der Waals surface area contributed by atoms with Crippen LogP contribution < -0.4 is 10.1 Å². The van der Waals surface area contributed by atoms with Crippen molar-refractivity contribution in [3.05, 3.63) is 70.9 Å². The van der Waals surface area contributed by atoms with Gasteiger partial charge in [0.1, 0.15) is 32.8 Å². The third-order valence-electron chi connectivity index (χ3n) is 4.46. The van der Waals surface area contributed by atoms with Gasteiger partial charge in [0.2, 0.25) is 0 Å². The number of hydrogen-bond acceptors (Lipinski definition) is 7. The van der Waals surface area contributed by atoms with Crippen LogP contribution in [0.5, 0.6) is 11.5 Å². The molecule has 6 nitrogen and oxygen atoms in total. The number of benzene rings is 2. The van der Waals surface area contributed by atoms with E-state index in [4.69, 9.17) is 9.47 Å². The van der Waals surface area contributed by atoms with E-state index in [1.807, 2.05) is 68.4 Å². The van der Waals surface area contributed by atoms with Crippen LogP contribution in [-0.4, -0.2) is 22.5 Å². The summed E-state index contributed by atoms with van der Waals surface area (Å²) in [5, 5.41) is 4.18. The third-order valence-corrected chi connectivity index (χ3v) is 5.62. The monoisotopic (exact) mass is 419 g/mol. The molecule has 0 amide bonds. The largest absolute Gasteiger partial charge is 0.462 e. The fourth-order valence-electron chi connectivity index (χ4n) is 3.09. The average Bonchev–Trinajstić information content (AvgIpc) is 3.07. The lowest BCUT2D eigenvalue weighted by molar-refractivity contribution is 0.0531. The lowest BCUT2D eigenvalue weighted by Gasteiger charge is -2.10. The van der Waals surface area contributed by atoms with Crippen molar-refractivity contribution in [2.45, 2.75) is 20.8 Å². The fraction of sp³-hybridized carbons (Fsp3) is 0.174. The number of rotatable bonds is 6. The highest BCUT2D eigenvalue weighted by molar-refractivity contribution is 7.20. The minimum absolute atomic E-state index is 0.330. The molecule has 4 rings (SSSR count). The number of aromatic nitrogens is 2. The normalized spacial score (nSPS) is 10.8. The number of nitrogens with one attached hydrogen (secondary N) is 1. The van der Waals surface area contributed by atoms with Crippen molar-refractivity contribution in [1.82, 2.24) is 9.97 Å². The van der Waals surface area contributed by atoms with Crippen LogP contribution in [0.25, 0.3) is 10.2 Å². The zero-order chi connectivity index (χ0) is 21.1. The van der Waals surface area contributed by atoms with Gasteiger partial charge in [-0.2, -0.15) is 0 Å². The topological polar surface area (TPSA) is 73.3 Å². The Morgan fingerprint density at radius 3 is 2.40 bits per heavy atom. The molecule has 1 N–H and O–H groups in total. The molecule has 2 heterocycles. The summed E-state index contributed by atoms with van der Waals surface area (Å²) in [4.78, 5) is 22.7. The molecule has 0 atom stereocenters. The molecule has 0 saturated carbocycles. The molecular formula is C23H21N3O3S. The van der Waals surface area contributed by atoms with E-state index >= 15 is 0 Å². The van der Waals surface area contributed by atoms with E-state index in [2.05, 4.69) is 15.3 Å². The molecule has 0 aliphatic carbocycles. The molecule has 0 aliphatic rings. The molecular weight excluding hydrogens is 398 g/mol. The van der Waals surface area contributed by atoms with E-state index in [1.54, 1.807) is 6.92 Å². The van der Waals surface area contributed by atoms with Crippen LogP contribution in [0.4, 0.5) is 11.5 Å². The summed E-state index contributed by atoms with van der Waals surface area (Å²) in [5.74, 6) is 2.49. The predicted molar refractivity (Wildman–Crippen MR) is 119 cm³/mol. The molecule has 0 spiro atoms. The van der Waals surface area contributed by atoms with E-state index in [-0.39, 0.29) is 5.97 Å². The number of nitrogens with zero attached hydrogens (tertiary/aromatic N) is 2. The lowest BCUT2D eigenvalue weighted by atomic mass is 10.2. The molecule has 152 valence electrons. The van der Waals surface area contributed by atoms with Gasteiger partial charge in [-0.25, -0.2) is 14.8 Å². The van der Waals surface area contributed by atoms with E-state index in [0.717, 1.165) is 33.0 Å². The second-order valence-corrected chi connectivity index (χ2v) is 7.64. The summed E-state index contributed by atoms with van der Waals surface area (Å²) in [6, 6.07) is 17.3. The Bertz CT molecular complexity index is 1190. The second-order valence-electron chi connectivity index (χ2n) is 6.64. The standard InChI is InChI=1S/C23H21N3O3S/c1-4-28-23(27)20-14(2)19-21(24-15(3)25-22(19)30-20)26-16-10-12-18(13-11-16)29-17-8-6-5-7-9-17/h5-13H,4H2,1-3H3,(H,24,25,26). The van der Waals surface area contributed by atoms with Crippen molar-refractivity contribution >= 4 is 39.0 Å². The van der Waals surface area contributed by atoms with Crippen molar-refractivity contribution in [3.8, 4) is 11.5 Å². The molecule has 0 bridgehead atoms. The summed E-state index contributed by atoms with van der Waals surface area (Å²) in [7, 11) is 0. The first-order chi connectivity index (χ1) is 14.5. The third kappa shape index (κ3) is 4.11. The molecule has 0 unspecified atom stereocenters. The summed E-state index contributed by atoms with van der Waals surface area (Å²) >= 11 is 1.33. The molecule has 2 aromatic carbocycles.